The Balaban J connectivity index is 1.50. The number of hydrogen-bond donors (Lipinski definition) is 5. The molecule has 1 aromatic carbocycles. The number of phenolic OH excluding ortho intramolecular Hbond substituents is 1. The number of allylic oxidation sites excluding steroid dienone is 1. The van der Waals surface area contributed by atoms with E-state index in [-0.39, 0.29) is 35.6 Å². The third kappa shape index (κ3) is 4.92. The van der Waals surface area contributed by atoms with E-state index in [1.54, 1.807) is 26.2 Å². The molecule has 0 fully saturated rings. The molecule has 43 heavy (non-hydrogen) atoms. The number of aromatic hydroxyl groups is 1. The summed E-state index contributed by atoms with van der Waals surface area (Å²) in [4.78, 5) is 47.7. The number of carbonyl (C=O) groups is 3. The fourth-order valence-electron chi connectivity index (χ4n) is 6.98. The van der Waals surface area contributed by atoms with Crippen molar-refractivity contribution in [1.29, 1.82) is 0 Å². The SMILES string of the molecule is CN(C)CCCOC1=NCC(c2ccc(O)c3c2C[C@H]2C[C@H]4[C@H](N(C)C)C(O)=C(C(N)=O)C(=O)[C@@]4(O)C(O)=C2C3=O)C=C1. The standard InChI is InChI=1S/C31H38N4O8/c1-34(2)10-5-11-43-21-9-6-15(14-33-21)17-7-8-20(36)23-18(17)12-16-13-19-25(35(3)4)27(38)24(30(32)41)29(40)31(19,42)28(39)22(16)26(23)37/h6-9,15-16,19,25,36,38-39,42H,5,10-14H2,1-4H3,(H2,32,41)/t15?,16-,19-,25-,31-/m0/s1. The number of hydrogen-bond acceptors (Lipinski definition) is 11. The van der Waals surface area contributed by atoms with Crippen LogP contribution in [0.5, 0.6) is 5.75 Å². The van der Waals surface area contributed by atoms with E-state index in [0.717, 1.165) is 18.5 Å². The number of dihydropyridines is 1. The molecular weight excluding hydrogens is 556 g/mol. The highest BCUT2D eigenvalue weighted by Gasteiger charge is 2.63. The van der Waals surface area contributed by atoms with Crippen molar-refractivity contribution < 1.29 is 39.5 Å². The number of ketones is 2. The summed E-state index contributed by atoms with van der Waals surface area (Å²) in [5.41, 5.74) is 3.08. The van der Waals surface area contributed by atoms with Crippen LogP contribution in [0.25, 0.3) is 0 Å². The average molecular weight is 595 g/mol. The third-order valence-corrected chi connectivity index (χ3v) is 8.96. The summed E-state index contributed by atoms with van der Waals surface area (Å²) in [6, 6.07) is 2.12. The van der Waals surface area contributed by atoms with Gasteiger partial charge in [0.15, 0.2) is 11.4 Å². The Bertz CT molecular complexity index is 1510. The second kappa shape index (κ2) is 11.3. The van der Waals surface area contributed by atoms with E-state index in [0.29, 0.717) is 24.6 Å². The smallest absolute Gasteiger partial charge is 0.255 e. The van der Waals surface area contributed by atoms with Crippen LogP contribution in [0, 0.1) is 11.8 Å². The molecule has 3 aliphatic carbocycles. The molecule has 230 valence electrons. The van der Waals surface area contributed by atoms with Crippen molar-refractivity contribution in [3.63, 3.8) is 0 Å². The zero-order valence-corrected chi connectivity index (χ0v) is 24.7. The van der Waals surface area contributed by atoms with Gasteiger partial charge in [0.2, 0.25) is 11.7 Å². The van der Waals surface area contributed by atoms with Gasteiger partial charge in [-0.05, 0) is 76.6 Å². The molecule has 12 nitrogen and oxygen atoms in total. The number of benzene rings is 1. The Morgan fingerprint density at radius 2 is 1.88 bits per heavy atom. The quantitative estimate of drug-likeness (QED) is 0.226. The minimum Gasteiger partial charge on any atom is -0.510 e. The monoisotopic (exact) mass is 594 g/mol. The number of aliphatic imine (C=N–C) groups is 1. The first-order valence-corrected chi connectivity index (χ1v) is 14.3. The lowest BCUT2D eigenvalue weighted by atomic mass is 9.58. The molecule has 0 spiro atoms. The highest BCUT2D eigenvalue weighted by atomic mass is 16.5. The lowest BCUT2D eigenvalue weighted by molar-refractivity contribution is -0.148. The average Bonchev–Trinajstić information content (AvgIpc) is 2.93. The minimum atomic E-state index is -2.67. The first kappa shape index (κ1) is 30.5. The van der Waals surface area contributed by atoms with E-state index < -0.39 is 58.0 Å². The summed E-state index contributed by atoms with van der Waals surface area (Å²) < 4.78 is 5.78. The number of amides is 1. The number of rotatable bonds is 7. The van der Waals surface area contributed by atoms with Crippen LogP contribution in [-0.4, -0.2) is 113 Å². The van der Waals surface area contributed by atoms with Crippen LogP contribution in [0.4, 0.5) is 0 Å². The van der Waals surface area contributed by atoms with Gasteiger partial charge < -0.3 is 35.8 Å². The van der Waals surface area contributed by atoms with Crippen LogP contribution >= 0.6 is 0 Å². The summed E-state index contributed by atoms with van der Waals surface area (Å²) in [5, 5.41) is 44.9. The van der Waals surface area contributed by atoms with Gasteiger partial charge in [0.05, 0.1) is 24.8 Å². The largest absolute Gasteiger partial charge is 0.510 e. The number of nitrogens with zero attached hydrogens (tertiary/aromatic N) is 3. The number of phenols is 1. The molecule has 1 unspecified atom stereocenters. The number of ether oxygens (including phenoxy) is 1. The molecule has 12 heteroatoms. The molecule has 5 rings (SSSR count). The Morgan fingerprint density at radius 3 is 2.49 bits per heavy atom. The van der Waals surface area contributed by atoms with Crippen molar-refractivity contribution >= 4 is 23.4 Å². The van der Waals surface area contributed by atoms with Gasteiger partial charge in [-0.15, -0.1) is 0 Å². The van der Waals surface area contributed by atoms with Gasteiger partial charge in [-0.25, -0.2) is 0 Å². The van der Waals surface area contributed by atoms with Crippen molar-refractivity contribution in [3.8, 4) is 5.75 Å². The Morgan fingerprint density at radius 1 is 1.16 bits per heavy atom. The van der Waals surface area contributed by atoms with E-state index in [4.69, 9.17) is 10.5 Å². The Labute approximate surface area is 249 Å². The molecule has 0 saturated heterocycles. The highest BCUT2D eigenvalue weighted by molar-refractivity contribution is 6.24. The maximum atomic E-state index is 13.9. The van der Waals surface area contributed by atoms with Crippen LogP contribution < -0.4 is 5.73 Å². The van der Waals surface area contributed by atoms with Crippen molar-refractivity contribution in [2.75, 3.05) is 47.9 Å². The Kier molecular flexibility index (Phi) is 7.97. The molecule has 0 radical (unpaired) electrons. The van der Waals surface area contributed by atoms with E-state index in [1.807, 2.05) is 20.2 Å². The second-order valence-corrected chi connectivity index (χ2v) is 12.1. The van der Waals surface area contributed by atoms with Crippen molar-refractivity contribution in [3.05, 3.63) is 63.6 Å². The van der Waals surface area contributed by atoms with Crippen LogP contribution in [0.2, 0.25) is 0 Å². The van der Waals surface area contributed by atoms with Crippen LogP contribution in [0.15, 0.2) is 51.9 Å². The van der Waals surface area contributed by atoms with Gasteiger partial charge in [0.25, 0.3) is 5.91 Å². The molecule has 1 aromatic rings. The van der Waals surface area contributed by atoms with Crippen LogP contribution in [0.1, 0.15) is 40.2 Å². The highest BCUT2D eigenvalue weighted by Crippen LogP contribution is 2.52. The van der Waals surface area contributed by atoms with Gasteiger partial charge in [0.1, 0.15) is 22.8 Å². The second-order valence-electron chi connectivity index (χ2n) is 12.1. The summed E-state index contributed by atoms with van der Waals surface area (Å²) in [6.45, 7) is 1.80. The van der Waals surface area contributed by atoms with Crippen molar-refractivity contribution in [2.45, 2.75) is 36.8 Å². The maximum absolute atomic E-state index is 13.9. The molecular formula is C31H38N4O8. The summed E-state index contributed by atoms with van der Waals surface area (Å²) >= 11 is 0. The number of aliphatic hydroxyl groups is 3. The summed E-state index contributed by atoms with van der Waals surface area (Å²) in [6.07, 6.45) is 4.86. The van der Waals surface area contributed by atoms with E-state index >= 15 is 0 Å². The third-order valence-electron chi connectivity index (χ3n) is 8.96. The van der Waals surface area contributed by atoms with Gasteiger partial charge in [0, 0.05) is 24.0 Å². The number of nitrogens with two attached hydrogens (primary N) is 1. The maximum Gasteiger partial charge on any atom is 0.255 e. The normalized spacial score (nSPS) is 28.6. The number of primary amides is 1. The van der Waals surface area contributed by atoms with Crippen molar-refractivity contribution in [2.24, 2.45) is 22.6 Å². The first-order valence-electron chi connectivity index (χ1n) is 14.3. The molecule has 0 bridgehead atoms. The number of likely N-dealkylation sites (N-methyl/N-ethyl adjacent to an activating group) is 1. The lowest BCUT2D eigenvalue weighted by Gasteiger charge is -2.50. The predicted molar refractivity (Wildman–Crippen MR) is 157 cm³/mol. The van der Waals surface area contributed by atoms with E-state index in [2.05, 4.69) is 9.89 Å². The topological polar surface area (TPSA) is 186 Å². The fourth-order valence-corrected chi connectivity index (χ4v) is 6.98. The summed E-state index contributed by atoms with van der Waals surface area (Å²) in [5.74, 6) is -6.39. The fraction of sp³-hybridized carbons (Fsp3) is 0.484. The molecule has 1 aliphatic heterocycles. The zero-order valence-electron chi connectivity index (χ0n) is 24.7. The molecule has 0 aromatic heterocycles. The lowest BCUT2D eigenvalue weighted by Crippen LogP contribution is -2.63. The molecule has 6 N–H and O–H groups in total. The predicted octanol–water partition coefficient (Wildman–Crippen LogP) is 1.14. The number of fused-ring (bicyclic) bond motifs is 3. The van der Waals surface area contributed by atoms with Gasteiger partial charge >= 0.3 is 0 Å². The number of carbonyl (C=O) groups excluding carboxylic acids is 3. The molecule has 1 amide bonds. The molecule has 1 heterocycles. The van der Waals surface area contributed by atoms with Gasteiger partial charge in [-0.2, -0.15) is 0 Å². The zero-order chi connectivity index (χ0) is 31.4. The Hall–Kier alpha value is -4.00. The molecule has 0 saturated carbocycles. The minimum absolute atomic E-state index is 0.0126. The van der Waals surface area contributed by atoms with Gasteiger partial charge in [-0.3, -0.25) is 24.3 Å². The van der Waals surface area contributed by atoms with Crippen LogP contribution in [0.3, 0.4) is 0 Å². The van der Waals surface area contributed by atoms with E-state index in [9.17, 15) is 34.8 Å². The number of aliphatic hydroxyl groups excluding tert-OH is 2. The number of Topliss-reactive ketones (excluding diaryl/α,β-unsaturated/α-hetero) is 2. The van der Waals surface area contributed by atoms with Gasteiger partial charge in [-0.1, -0.05) is 12.1 Å². The molecule has 4 aliphatic rings. The van der Waals surface area contributed by atoms with Crippen LogP contribution in [-0.2, 0) is 20.7 Å². The summed E-state index contributed by atoms with van der Waals surface area (Å²) in [7, 11) is 7.18. The molecule has 5 atom stereocenters. The van der Waals surface area contributed by atoms with Crippen molar-refractivity contribution in [1.82, 2.24) is 9.80 Å². The first-order chi connectivity index (χ1) is 20.3. The van der Waals surface area contributed by atoms with E-state index in [1.165, 1.54) is 11.0 Å².